The lowest BCUT2D eigenvalue weighted by atomic mass is 10.1. The third-order valence-corrected chi connectivity index (χ3v) is 5.76. The van der Waals surface area contributed by atoms with Crippen molar-refractivity contribution in [2.24, 2.45) is 0 Å². The molecule has 24 heavy (non-hydrogen) atoms. The molecule has 1 atom stereocenters. The standard InChI is InChI=1S/C14H17F3N2O4S/c1-18-9-5-6-19(8-9)24(21,22)10-3-4-11(13(20)23-2)12(7-10)14(15,16)17/h3-4,7,9,18H,5-6,8H2,1-2H3. The van der Waals surface area contributed by atoms with E-state index in [1.807, 2.05) is 0 Å². The highest BCUT2D eigenvalue weighted by Crippen LogP contribution is 2.35. The summed E-state index contributed by atoms with van der Waals surface area (Å²) in [4.78, 5) is 11.0. The Labute approximate surface area is 137 Å². The molecule has 1 heterocycles. The van der Waals surface area contributed by atoms with Gasteiger partial charge in [0.25, 0.3) is 0 Å². The van der Waals surface area contributed by atoms with Crippen LogP contribution in [0.5, 0.6) is 0 Å². The first kappa shape index (κ1) is 18.7. The van der Waals surface area contributed by atoms with Gasteiger partial charge >= 0.3 is 12.1 Å². The molecule has 0 spiro atoms. The minimum atomic E-state index is -4.88. The Bertz CT molecular complexity index is 734. The molecular formula is C14H17F3N2O4S. The summed E-state index contributed by atoms with van der Waals surface area (Å²) in [7, 11) is -1.43. The number of carbonyl (C=O) groups excluding carboxylic acids is 1. The number of sulfonamides is 1. The Hall–Kier alpha value is -1.65. The smallest absolute Gasteiger partial charge is 0.417 e. The van der Waals surface area contributed by atoms with Gasteiger partial charge in [-0.1, -0.05) is 0 Å². The highest BCUT2D eigenvalue weighted by molar-refractivity contribution is 7.89. The van der Waals surface area contributed by atoms with Crippen LogP contribution in [-0.4, -0.2) is 52.0 Å². The van der Waals surface area contributed by atoms with Crippen LogP contribution in [0, 0.1) is 0 Å². The van der Waals surface area contributed by atoms with Crippen molar-refractivity contribution in [1.29, 1.82) is 0 Å². The number of esters is 1. The predicted octanol–water partition coefficient (Wildman–Crippen LogP) is 1.47. The molecule has 0 aliphatic carbocycles. The summed E-state index contributed by atoms with van der Waals surface area (Å²) in [5, 5.41) is 2.94. The van der Waals surface area contributed by atoms with Gasteiger partial charge in [-0.15, -0.1) is 0 Å². The first-order chi connectivity index (χ1) is 11.1. The highest BCUT2D eigenvalue weighted by atomic mass is 32.2. The van der Waals surface area contributed by atoms with Crippen molar-refractivity contribution in [3.63, 3.8) is 0 Å². The van der Waals surface area contributed by atoms with Crippen LogP contribution in [-0.2, 0) is 20.9 Å². The SMILES string of the molecule is CNC1CCN(S(=O)(=O)c2ccc(C(=O)OC)c(C(F)(F)F)c2)C1. The van der Waals surface area contributed by atoms with Gasteiger partial charge in [0.2, 0.25) is 10.0 Å². The molecule has 1 unspecified atom stereocenters. The van der Waals surface area contributed by atoms with Crippen LogP contribution in [0.25, 0.3) is 0 Å². The summed E-state index contributed by atoms with van der Waals surface area (Å²) < 4.78 is 70.1. The number of ether oxygens (including phenoxy) is 1. The molecule has 1 N–H and O–H groups in total. The van der Waals surface area contributed by atoms with Crippen LogP contribution in [0.15, 0.2) is 23.1 Å². The Morgan fingerprint density at radius 2 is 2.04 bits per heavy atom. The summed E-state index contributed by atoms with van der Waals surface area (Å²) in [6, 6.07) is 2.25. The van der Waals surface area contributed by atoms with Crippen molar-refractivity contribution in [3.8, 4) is 0 Å². The van der Waals surface area contributed by atoms with E-state index in [9.17, 15) is 26.4 Å². The Morgan fingerprint density at radius 3 is 2.54 bits per heavy atom. The number of hydrogen-bond acceptors (Lipinski definition) is 5. The second kappa shape index (κ2) is 6.69. The molecule has 0 saturated carbocycles. The van der Waals surface area contributed by atoms with Crippen LogP contribution in [0.4, 0.5) is 13.2 Å². The number of alkyl halides is 3. The van der Waals surface area contributed by atoms with E-state index in [4.69, 9.17) is 0 Å². The quantitative estimate of drug-likeness (QED) is 0.817. The normalized spacial score (nSPS) is 19.5. The minimum Gasteiger partial charge on any atom is -0.465 e. The van der Waals surface area contributed by atoms with E-state index < -0.39 is 38.2 Å². The van der Waals surface area contributed by atoms with E-state index in [0.29, 0.717) is 12.5 Å². The van der Waals surface area contributed by atoms with Crippen molar-refractivity contribution in [2.75, 3.05) is 27.2 Å². The lowest BCUT2D eigenvalue weighted by Crippen LogP contribution is -2.33. The molecular weight excluding hydrogens is 349 g/mol. The third-order valence-electron chi connectivity index (χ3n) is 3.90. The molecule has 10 heteroatoms. The van der Waals surface area contributed by atoms with Gasteiger partial charge in [-0.3, -0.25) is 0 Å². The number of nitrogens with zero attached hydrogens (tertiary/aromatic N) is 1. The lowest BCUT2D eigenvalue weighted by molar-refractivity contribution is -0.138. The number of methoxy groups -OCH3 is 1. The maximum Gasteiger partial charge on any atom is 0.417 e. The van der Waals surface area contributed by atoms with E-state index in [-0.39, 0.29) is 19.1 Å². The lowest BCUT2D eigenvalue weighted by Gasteiger charge is -2.18. The van der Waals surface area contributed by atoms with Crippen molar-refractivity contribution >= 4 is 16.0 Å². The van der Waals surface area contributed by atoms with Crippen molar-refractivity contribution in [3.05, 3.63) is 29.3 Å². The summed E-state index contributed by atoms with van der Waals surface area (Å²) in [6.07, 6.45) is -4.31. The number of hydrogen-bond donors (Lipinski definition) is 1. The molecule has 1 aliphatic rings. The van der Waals surface area contributed by atoms with Gasteiger partial charge < -0.3 is 10.1 Å². The number of carbonyl (C=O) groups is 1. The average Bonchev–Trinajstić information content (AvgIpc) is 3.02. The predicted molar refractivity (Wildman–Crippen MR) is 79.0 cm³/mol. The van der Waals surface area contributed by atoms with E-state index >= 15 is 0 Å². The number of benzene rings is 1. The molecule has 0 radical (unpaired) electrons. The highest BCUT2D eigenvalue weighted by Gasteiger charge is 2.38. The van der Waals surface area contributed by atoms with Crippen LogP contribution >= 0.6 is 0 Å². The second-order valence-electron chi connectivity index (χ2n) is 5.33. The zero-order valence-electron chi connectivity index (χ0n) is 13.1. The van der Waals surface area contributed by atoms with Gasteiger partial charge in [-0.2, -0.15) is 17.5 Å². The van der Waals surface area contributed by atoms with Gasteiger partial charge in [0.1, 0.15) is 0 Å². The van der Waals surface area contributed by atoms with Crippen LogP contribution in [0.3, 0.4) is 0 Å². The molecule has 0 amide bonds. The molecule has 1 aromatic carbocycles. The largest absolute Gasteiger partial charge is 0.465 e. The van der Waals surface area contributed by atoms with E-state index in [0.717, 1.165) is 23.5 Å². The minimum absolute atomic E-state index is 0.0452. The summed E-state index contributed by atoms with van der Waals surface area (Å²) >= 11 is 0. The Kier molecular flexibility index (Phi) is 5.21. The summed E-state index contributed by atoms with van der Waals surface area (Å²) in [5.41, 5.74) is -2.06. The van der Waals surface area contributed by atoms with Gasteiger partial charge in [0, 0.05) is 19.1 Å². The second-order valence-corrected chi connectivity index (χ2v) is 7.27. The van der Waals surface area contributed by atoms with E-state index in [1.54, 1.807) is 7.05 Å². The van der Waals surface area contributed by atoms with Gasteiger partial charge in [0.15, 0.2) is 0 Å². The molecule has 1 aliphatic heterocycles. The first-order valence-corrected chi connectivity index (χ1v) is 8.52. The third kappa shape index (κ3) is 3.55. The maximum absolute atomic E-state index is 13.2. The molecule has 0 aromatic heterocycles. The Morgan fingerprint density at radius 1 is 1.38 bits per heavy atom. The van der Waals surface area contributed by atoms with Crippen molar-refractivity contribution < 1.29 is 31.1 Å². The number of nitrogens with one attached hydrogen (secondary N) is 1. The van der Waals surface area contributed by atoms with Gasteiger partial charge in [-0.05, 0) is 31.7 Å². The molecule has 2 rings (SSSR count). The fraction of sp³-hybridized carbons (Fsp3) is 0.500. The number of rotatable bonds is 4. The molecule has 0 bridgehead atoms. The van der Waals surface area contributed by atoms with E-state index in [1.165, 1.54) is 0 Å². The van der Waals surface area contributed by atoms with Crippen LogP contribution in [0.2, 0.25) is 0 Å². The van der Waals surface area contributed by atoms with Crippen molar-refractivity contribution in [2.45, 2.75) is 23.5 Å². The molecule has 1 aromatic rings. The number of likely N-dealkylation sites (N-methyl/N-ethyl adjacent to an activating group) is 1. The number of halogens is 3. The molecule has 1 saturated heterocycles. The van der Waals surface area contributed by atoms with Crippen LogP contribution in [0.1, 0.15) is 22.3 Å². The molecule has 1 fully saturated rings. The monoisotopic (exact) mass is 366 g/mol. The zero-order valence-corrected chi connectivity index (χ0v) is 13.9. The maximum atomic E-state index is 13.2. The van der Waals surface area contributed by atoms with Gasteiger partial charge in [-0.25, -0.2) is 13.2 Å². The summed E-state index contributed by atoms with van der Waals surface area (Å²) in [6.45, 7) is 0.396. The van der Waals surface area contributed by atoms with E-state index in [2.05, 4.69) is 10.1 Å². The fourth-order valence-electron chi connectivity index (χ4n) is 2.54. The fourth-order valence-corrected chi connectivity index (χ4v) is 4.06. The topological polar surface area (TPSA) is 75.7 Å². The van der Waals surface area contributed by atoms with Crippen LogP contribution < -0.4 is 5.32 Å². The summed E-state index contributed by atoms with van der Waals surface area (Å²) in [5.74, 6) is -1.18. The molecule has 134 valence electrons. The first-order valence-electron chi connectivity index (χ1n) is 7.08. The van der Waals surface area contributed by atoms with Gasteiger partial charge in [0.05, 0.1) is 23.1 Å². The average molecular weight is 366 g/mol. The molecule has 6 nitrogen and oxygen atoms in total. The van der Waals surface area contributed by atoms with Crippen molar-refractivity contribution in [1.82, 2.24) is 9.62 Å². The zero-order chi connectivity index (χ0) is 18.1. The Balaban J connectivity index is 2.46.